The summed E-state index contributed by atoms with van der Waals surface area (Å²) < 4.78 is 16.7. The lowest BCUT2D eigenvalue weighted by Gasteiger charge is -2.13. The Balaban J connectivity index is 1.62. The van der Waals surface area contributed by atoms with Crippen molar-refractivity contribution in [3.8, 4) is 0 Å². The van der Waals surface area contributed by atoms with Crippen molar-refractivity contribution in [3.63, 3.8) is 0 Å². The Bertz CT molecular complexity index is 2900. The third-order valence-corrected chi connectivity index (χ3v) is 9.26. The van der Waals surface area contributed by atoms with Crippen molar-refractivity contribution in [1.29, 1.82) is 0 Å². The van der Waals surface area contributed by atoms with E-state index in [-0.39, 0.29) is 0 Å². The van der Waals surface area contributed by atoms with Crippen molar-refractivity contribution in [2.24, 2.45) is 0 Å². The Morgan fingerprint density at radius 1 is 0.500 bits per heavy atom. The minimum absolute atomic E-state index is 0.745. The molecular weight excluding hydrogens is 572 g/mol. The fourth-order valence-corrected chi connectivity index (χ4v) is 7.49. The zero-order valence-corrected chi connectivity index (χ0v) is 24.0. The van der Waals surface area contributed by atoms with Gasteiger partial charge in [-0.2, -0.15) is 0 Å². The maximum atomic E-state index is 6.26. The van der Waals surface area contributed by atoms with Crippen LogP contribution in [0, 0.1) is 0 Å². The van der Waals surface area contributed by atoms with E-state index in [1.165, 1.54) is 0 Å². The lowest BCUT2D eigenvalue weighted by Crippen LogP contribution is -2.25. The largest absolute Gasteiger partial charge is 0.464 e. The Morgan fingerprint density at radius 3 is 1.80 bits per heavy atom. The van der Waals surface area contributed by atoms with Crippen LogP contribution in [0.3, 0.4) is 0 Å². The second kappa shape index (κ2) is 8.55. The highest BCUT2D eigenvalue weighted by molar-refractivity contribution is 6.22. The van der Waals surface area contributed by atoms with E-state index in [2.05, 4.69) is 69.5 Å². The summed E-state index contributed by atoms with van der Waals surface area (Å²) in [6.45, 7) is 0. The highest BCUT2D eigenvalue weighted by atomic mass is 16.3. The van der Waals surface area contributed by atoms with Crippen molar-refractivity contribution in [3.05, 3.63) is 139 Å². The number of aromatic nitrogens is 6. The van der Waals surface area contributed by atoms with E-state index in [0.717, 1.165) is 99.0 Å². The van der Waals surface area contributed by atoms with Crippen LogP contribution in [0.15, 0.2) is 131 Å². The van der Waals surface area contributed by atoms with Gasteiger partial charge in [0.1, 0.15) is 27.7 Å². The average Bonchev–Trinajstić information content (AvgIpc) is 3.89. The van der Waals surface area contributed by atoms with Crippen LogP contribution < -0.4 is 5.48 Å². The average molecular weight is 593 g/mol. The molecule has 0 bridgehead atoms. The summed E-state index contributed by atoms with van der Waals surface area (Å²) in [5, 5.41) is 6.20. The molecule has 0 saturated carbocycles. The zero-order chi connectivity index (χ0) is 29.9. The van der Waals surface area contributed by atoms with Crippen LogP contribution in [0.1, 0.15) is 11.1 Å². The van der Waals surface area contributed by atoms with E-state index >= 15 is 0 Å². The van der Waals surface area contributed by atoms with E-state index in [0.29, 0.717) is 0 Å². The van der Waals surface area contributed by atoms with Crippen LogP contribution in [0.25, 0.3) is 82.4 Å². The number of furan rings is 2. The number of benzene rings is 4. The van der Waals surface area contributed by atoms with Gasteiger partial charge in [-0.05, 0) is 23.8 Å². The lowest BCUT2D eigenvalue weighted by molar-refractivity contribution is 0.614. The first-order chi connectivity index (χ1) is 22.9. The molecule has 8 heteroatoms. The summed E-state index contributed by atoms with van der Waals surface area (Å²) in [6.07, 6.45) is 10.5. The van der Waals surface area contributed by atoms with Crippen molar-refractivity contribution in [1.82, 2.24) is 28.7 Å². The summed E-state index contributed by atoms with van der Waals surface area (Å²) >= 11 is 0. The monoisotopic (exact) mass is 592 g/mol. The van der Waals surface area contributed by atoms with Gasteiger partial charge < -0.3 is 8.83 Å². The van der Waals surface area contributed by atoms with Gasteiger partial charge in [0, 0.05) is 68.2 Å². The first kappa shape index (κ1) is 23.9. The molecule has 0 aliphatic carbocycles. The number of rotatable bonds is 2. The predicted molar refractivity (Wildman–Crippen MR) is 179 cm³/mol. The molecule has 0 saturated heterocycles. The summed E-state index contributed by atoms with van der Waals surface area (Å²) in [4.78, 5) is 19.7. The second-order valence-electron chi connectivity index (χ2n) is 11.5. The maximum absolute atomic E-state index is 6.26. The molecule has 7 aromatic heterocycles. The quantitative estimate of drug-likeness (QED) is 0.203. The van der Waals surface area contributed by atoms with Gasteiger partial charge in [-0.15, -0.1) is 0 Å². The van der Waals surface area contributed by atoms with E-state index in [1.54, 1.807) is 37.3 Å². The van der Waals surface area contributed by atoms with Crippen LogP contribution >= 0.6 is 0 Å². The maximum Gasteiger partial charge on any atom is 0.165 e. The molecule has 7 heterocycles. The van der Waals surface area contributed by atoms with Crippen molar-refractivity contribution < 1.29 is 8.83 Å². The number of fused-ring (bicyclic) bond motifs is 9. The SMILES string of the molecule is c1cc(C(c2cccc3occc23)=c2n3c4nccnc4c4cccc(c5cccc6c7nccnc7n2c56)c43)c2occc2c1. The Kier molecular flexibility index (Phi) is 4.43. The van der Waals surface area contributed by atoms with Gasteiger partial charge in [-0.1, -0.05) is 66.7 Å². The molecule has 214 valence electrons. The van der Waals surface area contributed by atoms with Crippen LogP contribution in [0.5, 0.6) is 0 Å². The van der Waals surface area contributed by atoms with E-state index < -0.39 is 0 Å². The zero-order valence-electron chi connectivity index (χ0n) is 24.0. The third-order valence-electron chi connectivity index (χ3n) is 9.26. The number of hydrogen-bond donors (Lipinski definition) is 0. The molecule has 8 nitrogen and oxygen atoms in total. The van der Waals surface area contributed by atoms with Gasteiger partial charge in [0.05, 0.1) is 23.6 Å². The molecule has 4 aromatic carbocycles. The van der Waals surface area contributed by atoms with Crippen molar-refractivity contribution in [2.45, 2.75) is 0 Å². The molecule has 0 aliphatic rings. The van der Waals surface area contributed by atoms with Crippen molar-refractivity contribution in [2.75, 3.05) is 0 Å². The molecule has 0 aliphatic heterocycles. The van der Waals surface area contributed by atoms with Gasteiger partial charge in [-0.3, -0.25) is 18.8 Å². The fourth-order valence-electron chi connectivity index (χ4n) is 7.49. The molecule has 0 amide bonds. The number of hydrogen-bond acceptors (Lipinski definition) is 6. The topological polar surface area (TPSA) is 86.7 Å². The molecule has 0 unspecified atom stereocenters. The van der Waals surface area contributed by atoms with E-state index in [9.17, 15) is 0 Å². The lowest BCUT2D eigenvalue weighted by atomic mass is 9.94. The molecule has 0 N–H and O–H groups in total. The van der Waals surface area contributed by atoms with Gasteiger partial charge in [-0.25, -0.2) is 9.97 Å². The summed E-state index contributed by atoms with van der Waals surface area (Å²) in [6, 6.07) is 29.3. The molecule has 11 aromatic rings. The van der Waals surface area contributed by atoms with Gasteiger partial charge in [0.2, 0.25) is 0 Å². The van der Waals surface area contributed by atoms with E-state index in [1.807, 2.05) is 24.3 Å². The van der Waals surface area contributed by atoms with Gasteiger partial charge >= 0.3 is 0 Å². The van der Waals surface area contributed by atoms with Crippen LogP contribution in [-0.4, -0.2) is 28.7 Å². The smallest absolute Gasteiger partial charge is 0.165 e. The molecule has 0 radical (unpaired) electrons. The van der Waals surface area contributed by atoms with Crippen molar-refractivity contribution >= 4 is 82.4 Å². The summed E-state index contributed by atoms with van der Waals surface area (Å²) in [5.74, 6) is 0. The van der Waals surface area contributed by atoms with Gasteiger partial charge in [0.15, 0.2) is 11.3 Å². The minimum atomic E-state index is 0.745. The highest BCUT2D eigenvalue weighted by Crippen LogP contribution is 2.38. The number of nitrogens with zero attached hydrogens (tertiary/aromatic N) is 6. The standard InChI is InChI=1S/C38H20N6O2/c1-5-21-13-19-46-35(21)26(9-1)30(23-6-4-12-29-22(23)14-20-45-29)38-43-33-24(7-2-10-27(33)31-36(43)41-17-15-39-31)25-8-3-11-28-32-37(42-18-16-40-32)44(38)34(25)28/h1-20H. The highest BCUT2D eigenvalue weighted by Gasteiger charge is 2.25. The third kappa shape index (κ3) is 2.88. The predicted octanol–water partition coefficient (Wildman–Crippen LogP) is 7.84. The normalized spacial score (nSPS) is 12.3. The van der Waals surface area contributed by atoms with Gasteiger partial charge in [0.25, 0.3) is 0 Å². The molecule has 11 rings (SSSR count). The summed E-state index contributed by atoms with van der Waals surface area (Å²) in [5.41, 5.74) is 10.5. The molecule has 0 atom stereocenters. The Morgan fingerprint density at radius 2 is 1.09 bits per heavy atom. The molecular formula is C38H20N6O2. The minimum Gasteiger partial charge on any atom is -0.464 e. The molecule has 0 fully saturated rings. The first-order valence-corrected chi connectivity index (χ1v) is 15.0. The van der Waals surface area contributed by atoms with Crippen LogP contribution in [0.4, 0.5) is 0 Å². The molecule has 46 heavy (non-hydrogen) atoms. The van der Waals surface area contributed by atoms with Crippen LogP contribution in [-0.2, 0) is 0 Å². The number of para-hydroxylation sites is 3. The summed E-state index contributed by atoms with van der Waals surface area (Å²) in [7, 11) is 0. The van der Waals surface area contributed by atoms with Crippen LogP contribution in [0.2, 0.25) is 0 Å². The Labute approximate surface area is 258 Å². The van der Waals surface area contributed by atoms with E-state index in [4.69, 9.17) is 28.8 Å². The first-order valence-electron chi connectivity index (χ1n) is 15.0. The Hall–Kier alpha value is -6.54. The second-order valence-corrected chi connectivity index (χ2v) is 11.5. The fraction of sp³-hybridized carbons (Fsp3) is 0. The molecule has 0 spiro atoms.